The van der Waals surface area contributed by atoms with Crippen molar-refractivity contribution in [2.24, 2.45) is 0 Å². The summed E-state index contributed by atoms with van der Waals surface area (Å²) in [4.78, 5) is 0. The highest BCUT2D eigenvalue weighted by molar-refractivity contribution is 8.00. The predicted molar refractivity (Wildman–Crippen MR) is 132 cm³/mol. The summed E-state index contributed by atoms with van der Waals surface area (Å²) in [5, 5.41) is -1.26. The summed E-state index contributed by atoms with van der Waals surface area (Å²) in [5.41, 5.74) is 2.58. The molecule has 2 rings (SSSR count). The van der Waals surface area contributed by atoms with Gasteiger partial charge in [0, 0.05) is 11.5 Å². The summed E-state index contributed by atoms with van der Waals surface area (Å²) in [6, 6.07) is 20.8. The van der Waals surface area contributed by atoms with Gasteiger partial charge in [-0.25, -0.2) is 0 Å². The molecule has 0 heterocycles. The van der Waals surface area contributed by atoms with E-state index in [9.17, 15) is 0 Å². The molecule has 1 atom stereocenters. The van der Waals surface area contributed by atoms with Crippen LogP contribution in [-0.4, -0.2) is 42.4 Å². The molecule has 0 saturated carbocycles. The molecule has 1 unspecified atom stereocenters. The average Bonchev–Trinajstić information content (AvgIpc) is 2.65. The van der Waals surface area contributed by atoms with E-state index in [-0.39, 0.29) is 5.25 Å². The molecule has 8 radical (unpaired) electrons. The van der Waals surface area contributed by atoms with Crippen LogP contribution in [-0.2, 0) is 11.5 Å². The van der Waals surface area contributed by atoms with Gasteiger partial charge in [0.15, 0.2) is 0 Å². The Labute approximate surface area is 185 Å². The van der Waals surface area contributed by atoms with E-state index in [4.69, 9.17) is 31.4 Å². The summed E-state index contributed by atoms with van der Waals surface area (Å²) >= 11 is 3.62. The molecule has 0 N–H and O–H groups in total. The molecule has 28 heavy (non-hydrogen) atoms. The molecule has 2 aromatic rings. The van der Waals surface area contributed by atoms with Gasteiger partial charge in [0.25, 0.3) is 0 Å². The summed E-state index contributed by atoms with van der Waals surface area (Å²) < 4.78 is 0. The number of benzene rings is 2. The van der Waals surface area contributed by atoms with E-state index in [1.165, 1.54) is 11.1 Å². The van der Waals surface area contributed by atoms with Crippen molar-refractivity contribution in [1.82, 2.24) is 0 Å². The lowest BCUT2D eigenvalue weighted by molar-refractivity contribution is 0.597. The molecule has 0 aliphatic heterocycles. The molecule has 0 bridgehead atoms. The van der Waals surface area contributed by atoms with Crippen molar-refractivity contribution < 1.29 is 0 Å². The van der Waals surface area contributed by atoms with Crippen molar-refractivity contribution in [3.8, 4) is 0 Å². The zero-order valence-corrected chi connectivity index (χ0v) is 18.4. The Morgan fingerprint density at radius 3 is 1.89 bits per heavy atom. The zero-order chi connectivity index (χ0) is 20.5. The quantitative estimate of drug-likeness (QED) is 0.445. The van der Waals surface area contributed by atoms with Crippen LogP contribution < -0.4 is 0 Å². The summed E-state index contributed by atoms with van der Waals surface area (Å²) in [5.74, 6) is 2.52. The predicted octanol–water partition coefficient (Wildman–Crippen LogP) is 5.32. The Balaban J connectivity index is 1.93. The zero-order valence-electron chi connectivity index (χ0n) is 16.7. The third-order valence-corrected chi connectivity index (χ3v) is 7.36. The maximum Gasteiger partial charge on any atom is 0.0646 e. The highest BCUT2D eigenvalue weighted by Crippen LogP contribution is 2.41. The summed E-state index contributed by atoms with van der Waals surface area (Å²) in [6.45, 7) is 1.85. The standard InChI is InChI=1S/C22H26B4S2/c1-21(23,24)14-8-13-20(28-16-19-11-6-3-7-12-19)22(25,26)17-27-15-18-9-4-2-5-10-18/h2-7,9-12,20H,8,13-17H2,1H3. The molecule has 0 amide bonds. The van der Waals surface area contributed by atoms with Crippen molar-refractivity contribution in [1.29, 1.82) is 0 Å². The normalized spacial score (nSPS) is 13.3. The Kier molecular flexibility index (Phi) is 9.77. The first kappa shape index (κ1) is 23.7. The number of thioether (sulfide) groups is 2. The van der Waals surface area contributed by atoms with Gasteiger partial charge in [0.2, 0.25) is 0 Å². The van der Waals surface area contributed by atoms with Gasteiger partial charge in [-0.3, -0.25) is 0 Å². The van der Waals surface area contributed by atoms with E-state index in [1.807, 2.05) is 30.8 Å². The largest absolute Gasteiger partial charge is 0.158 e. The topological polar surface area (TPSA) is 0 Å². The second-order valence-electron chi connectivity index (χ2n) is 7.77. The van der Waals surface area contributed by atoms with Crippen LogP contribution in [0.2, 0.25) is 10.4 Å². The first-order chi connectivity index (χ1) is 13.3. The first-order valence-corrected chi connectivity index (χ1v) is 11.9. The highest BCUT2D eigenvalue weighted by atomic mass is 32.2. The van der Waals surface area contributed by atoms with Gasteiger partial charge in [0.05, 0.1) is 31.4 Å². The van der Waals surface area contributed by atoms with Crippen LogP contribution in [0.5, 0.6) is 0 Å². The molecule has 0 aliphatic carbocycles. The maximum absolute atomic E-state index is 6.61. The van der Waals surface area contributed by atoms with Crippen LogP contribution in [0.3, 0.4) is 0 Å². The number of hydrogen-bond donors (Lipinski definition) is 0. The molecule has 0 nitrogen and oxygen atoms in total. The highest BCUT2D eigenvalue weighted by Gasteiger charge is 2.29. The van der Waals surface area contributed by atoms with Crippen LogP contribution in [0, 0.1) is 0 Å². The van der Waals surface area contributed by atoms with E-state index in [1.54, 1.807) is 11.8 Å². The van der Waals surface area contributed by atoms with Gasteiger partial charge in [-0.1, -0.05) is 85.6 Å². The molecule has 6 heteroatoms. The Bertz CT molecular complexity index is 672. The van der Waals surface area contributed by atoms with E-state index >= 15 is 0 Å². The van der Waals surface area contributed by atoms with E-state index < -0.39 is 10.4 Å². The fourth-order valence-corrected chi connectivity index (χ4v) is 5.46. The average molecular weight is 398 g/mol. The molecule has 138 valence electrons. The fourth-order valence-electron chi connectivity index (χ4n) is 2.96. The smallest absolute Gasteiger partial charge is 0.0646 e. The third-order valence-electron chi connectivity index (χ3n) is 4.54. The minimum absolute atomic E-state index is 0.137. The van der Waals surface area contributed by atoms with Crippen LogP contribution in [0.1, 0.15) is 37.3 Å². The number of rotatable bonds is 12. The molecule has 0 spiro atoms. The Hall–Kier alpha value is -0.600. The molecule has 0 aliphatic rings. The first-order valence-electron chi connectivity index (χ1n) is 9.69. The second kappa shape index (κ2) is 11.6. The Morgan fingerprint density at radius 2 is 1.36 bits per heavy atom. The van der Waals surface area contributed by atoms with Crippen LogP contribution in [0.15, 0.2) is 60.7 Å². The van der Waals surface area contributed by atoms with Crippen LogP contribution >= 0.6 is 23.5 Å². The van der Waals surface area contributed by atoms with Gasteiger partial charge in [-0.05, 0) is 28.6 Å². The fraction of sp³-hybridized carbons (Fsp3) is 0.455. The molecule has 0 saturated heterocycles. The van der Waals surface area contributed by atoms with Gasteiger partial charge in [-0.15, -0.1) is 5.21 Å². The van der Waals surface area contributed by atoms with Crippen molar-refractivity contribution in [3.63, 3.8) is 0 Å². The lowest BCUT2D eigenvalue weighted by Gasteiger charge is -2.36. The van der Waals surface area contributed by atoms with Gasteiger partial charge >= 0.3 is 0 Å². The van der Waals surface area contributed by atoms with Crippen molar-refractivity contribution in [2.45, 2.75) is 53.4 Å². The van der Waals surface area contributed by atoms with E-state index in [0.717, 1.165) is 30.8 Å². The molecular formula is C22H26B4S2. The monoisotopic (exact) mass is 398 g/mol. The van der Waals surface area contributed by atoms with Gasteiger partial charge < -0.3 is 0 Å². The lowest BCUT2D eigenvalue weighted by atomic mass is 9.51. The van der Waals surface area contributed by atoms with E-state index in [2.05, 4.69) is 48.5 Å². The molecular weight excluding hydrogens is 372 g/mol. The second-order valence-corrected chi connectivity index (χ2v) is 9.95. The Morgan fingerprint density at radius 1 is 0.821 bits per heavy atom. The van der Waals surface area contributed by atoms with E-state index in [0.29, 0.717) is 5.75 Å². The minimum atomic E-state index is -0.751. The van der Waals surface area contributed by atoms with Crippen molar-refractivity contribution >= 4 is 54.9 Å². The summed E-state index contributed by atoms with van der Waals surface area (Å²) in [7, 11) is 25.1. The molecule has 0 fully saturated rings. The van der Waals surface area contributed by atoms with Crippen molar-refractivity contribution in [3.05, 3.63) is 71.8 Å². The maximum atomic E-state index is 6.61. The van der Waals surface area contributed by atoms with Crippen LogP contribution in [0.4, 0.5) is 0 Å². The van der Waals surface area contributed by atoms with Gasteiger partial charge in [0.1, 0.15) is 0 Å². The third kappa shape index (κ3) is 9.26. The lowest BCUT2D eigenvalue weighted by Crippen LogP contribution is -2.30. The molecule has 0 aromatic heterocycles. The van der Waals surface area contributed by atoms with Crippen LogP contribution in [0.25, 0.3) is 0 Å². The number of hydrogen-bond acceptors (Lipinski definition) is 2. The van der Waals surface area contributed by atoms with Crippen molar-refractivity contribution in [2.75, 3.05) is 5.75 Å². The minimum Gasteiger partial charge on any atom is -0.158 e. The SMILES string of the molecule is [B]C([B])(C)CCCC(SCc1ccccc1)C([B])([B])CSCc1ccccc1. The summed E-state index contributed by atoms with van der Waals surface area (Å²) in [6.07, 6.45) is 2.57. The van der Waals surface area contributed by atoms with Gasteiger partial charge in [-0.2, -0.15) is 23.5 Å². The molecule has 2 aromatic carbocycles.